The van der Waals surface area contributed by atoms with E-state index in [9.17, 15) is 21.6 Å². The lowest BCUT2D eigenvalue weighted by atomic mass is 10.1. The van der Waals surface area contributed by atoms with Crippen molar-refractivity contribution in [3.63, 3.8) is 0 Å². The number of thiol groups is 1. The normalized spacial score (nSPS) is 12.3. The molecule has 0 fully saturated rings. The van der Waals surface area contributed by atoms with Gasteiger partial charge >= 0.3 is 6.18 Å². The molecule has 0 bridgehead atoms. The van der Waals surface area contributed by atoms with Crippen molar-refractivity contribution in [2.24, 2.45) is 0 Å². The molecule has 1 N–H and O–H groups in total. The molecule has 0 aliphatic heterocycles. The number of aryl methyl sites for hydroxylation is 1. The summed E-state index contributed by atoms with van der Waals surface area (Å²) in [5, 5.41) is 3.67. The van der Waals surface area contributed by atoms with Crippen molar-refractivity contribution in [2.75, 3.05) is 0 Å². The van der Waals surface area contributed by atoms with E-state index < -0.39 is 21.9 Å². The number of halogens is 3. The van der Waals surface area contributed by atoms with Crippen LogP contribution in [0.4, 0.5) is 13.2 Å². The zero-order chi connectivity index (χ0) is 19.8. The van der Waals surface area contributed by atoms with Crippen LogP contribution in [0, 0.1) is 6.92 Å². The van der Waals surface area contributed by atoms with E-state index in [-0.39, 0.29) is 10.6 Å². The fraction of sp³-hybridized carbons (Fsp3) is 0.118. The molecule has 2 aromatic carbocycles. The molecule has 0 amide bonds. The summed E-state index contributed by atoms with van der Waals surface area (Å²) < 4.78 is 66.0. The van der Waals surface area contributed by atoms with Gasteiger partial charge in [-0.2, -0.15) is 22.4 Å². The van der Waals surface area contributed by atoms with Crippen molar-refractivity contribution in [3.05, 3.63) is 65.9 Å². The number of sulfonamides is 1. The van der Waals surface area contributed by atoms with E-state index >= 15 is 0 Å². The Hall–Kier alpha value is -2.30. The van der Waals surface area contributed by atoms with Gasteiger partial charge in [-0.05, 0) is 37.3 Å². The first-order chi connectivity index (χ1) is 12.6. The Labute approximate surface area is 159 Å². The Morgan fingerprint density at radius 1 is 1.04 bits per heavy atom. The van der Waals surface area contributed by atoms with Crippen molar-refractivity contribution in [1.82, 2.24) is 13.9 Å². The molecule has 10 heteroatoms. The first-order valence-electron chi connectivity index (χ1n) is 7.62. The largest absolute Gasteiger partial charge is 0.435 e. The molecule has 0 radical (unpaired) electrons. The Morgan fingerprint density at radius 3 is 2.15 bits per heavy atom. The highest BCUT2D eigenvalue weighted by Crippen LogP contribution is 2.33. The standard InChI is InChI=1S/C17H14F3N3O2S2/c1-11-2-4-12(5-3-11)15-10-16(17(18,19)20)21-23(15)13-6-8-14(9-7-13)27(24,25)22-26/h2-10,22,26H,1H3. The fourth-order valence-electron chi connectivity index (χ4n) is 2.47. The molecule has 0 atom stereocenters. The summed E-state index contributed by atoms with van der Waals surface area (Å²) in [6.07, 6.45) is -4.61. The number of rotatable bonds is 4. The zero-order valence-electron chi connectivity index (χ0n) is 13.9. The van der Waals surface area contributed by atoms with Crippen LogP contribution < -0.4 is 4.13 Å². The Morgan fingerprint density at radius 2 is 1.63 bits per heavy atom. The number of alkyl halides is 3. The Balaban J connectivity index is 2.14. The van der Waals surface area contributed by atoms with Crippen LogP contribution in [0.25, 0.3) is 16.9 Å². The quantitative estimate of drug-likeness (QED) is 0.636. The third-order valence-electron chi connectivity index (χ3n) is 3.86. The van der Waals surface area contributed by atoms with Gasteiger partial charge < -0.3 is 0 Å². The fourth-order valence-corrected chi connectivity index (χ4v) is 3.38. The lowest BCUT2D eigenvalue weighted by molar-refractivity contribution is -0.141. The van der Waals surface area contributed by atoms with E-state index in [0.717, 1.165) is 16.3 Å². The summed E-state index contributed by atoms with van der Waals surface area (Å²) in [5.41, 5.74) is 1.02. The van der Waals surface area contributed by atoms with Crippen molar-refractivity contribution >= 4 is 22.8 Å². The predicted octanol–water partition coefficient (Wildman–Crippen LogP) is 3.99. The van der Waals surface area contributed by atoms with Gasteiger partial charge in [0.25, 0.3) is 0 Å². The molecule has 1 aromatic heterocycles. The van der Waals surface area contributed by atoms with Gasteiger partial charge in [0, 0.05) is 5.56 Å². The Kier molecular flexibility index (Phi) is 5.06. The highest BCUT2D eigenvalue weighted by molar-refractivity contribution is 8.00. The van der Waals surface area contributed by atoms with Gasteiger partial charge in [-0.25, -0.2) is 13.1 Å². The predicted molar refractivity (Wildman–Crippen MR) is 98.0 cm³/mol. The van der Waals surface area contributed by atoms with Crippen LogP contribution in [0.1, 0.15) is 11.3 Å². The van der Waals surface area contributed by atoms with E-state index in [1.54, 1.807) is 24.3 Å². The summed E-state index contributed by atoms with van der Waals surface area (Å²) in [5.74, 6) is 0. The third-order valence-corrected chi connectivity index (χ3v) is 5.71. The number of hydrogen-bond acceptors (Lipinski definition) is 4. The van der Waals surface area contributed by atoms with Crippen LogP contribution in [0.15, 0.2) is 59.5 Å². The first kappa shape index (κ1) is 19.5. The van der Waals surface area contributed by atoms with Crippen molar-refractivity contribution in [3.8, 4) is 16.9 Å². The molecule has 3 rings (SSSR count). The molecule has 0 aliphatic carbocycles. The molecule has 0 saturated heterocycles. The molecule has 0 aliphatic rings. The van der Waals surface area contributed by atoms with Crippen LogP contribution >= 0.6 is 12.8 Å². The van der Waals surface area contributed by atoms with E-state index in [2.05, 4.69) is 17.9 Å². The molecule has 3 aromatic rings. The summed E-state index contributed by atoms with van der Waals surface area (Å²) in [6, 6.07) is 13.2. The summed E-state index contributed by atoms with van der Waals surface area (Å²) >= 11 is 3.54. The average molecular weight is 413 g/mol. The second kappa shape index (κ2) is 7.02. The van der Waals surface area contributed by atoms with E-state index in [1.165, 1.54) is 24.3 Å². The van der Waals surface area contributed by atoms with Crippen LogP contribution in [-0.4, -0.2) is 18.2 Å². The van der Waals surface area contributed by atoms with Crippen LogP contribution in [0.5, 0.6) is 0 Å². The highest BCUT2D eigenvalue weighted by Gasteiger charge is 2.35. The maximum Gasteiger partial charge on any atom is 0.435 e. The van der Waals surface area contributed by atoms with Gasteiger partial charge in [0.1, 0.15) is 0 Å². The minimum absolute atomic E-state index is 0.0682. The third kappa shape index (κ3) is 4.02. The van der Waals surface area contributed by atoms with Crippen molar-refractivity contribution in [1.29, 1.82) is 0 Å². The number of aromatic nitrogens is 2. The van der Waals surface area contributed by atoms with Gasteiger partial charge in [0.05, 0.1) is 16.3 Å². The van der Waals surface area contributed by atoms with Crippen LogP contribution in [0.2, 0.25) is 0 Å². The topological polar surface area (TPSA) is 64.0 Å². The van der Waals surface area contributed by atoms with Crippen LogP contribution in [0.3, 0.4) is 0 Å². The highest BCUT2D eigenvalue weighted by atomic mass is 32.3. The number of benzene rings is 2. The minimum atomic E-state index is -4.61. The monoisotopic (exact) mass is 413 g/mol. The maximum atomic E-state index is 13.2. The van der Waals surface area contributed by atoms with Gasteiger partial charge in [-0.3, -0.25) is 0 Å². The number of nitrogens with one attached hydrogen (secondary N) is 1. The summed E-state index contributed by atoms with van der Waals surface area (Å²) in [4.78, 5) is -0.0682. The summed E-state index contributed by atoms with van der Waals surface area (Å²) in [7, 11) is -3.78. The Bertz CT molecular complexity index is 1060. The SMILES string of the molecule is Cc1ccc(-c2cc(C(F)(F)F)nn2-c2ccc(S(=O)(=O)NS)cc2)cc1. The first-order valence-corrected chi connectivity index (χ1v) is 9.55. The lowest BCUT2D eigenvalue weighted by Crippen LogP contribution is -2.13. The molecule has 1 heterocycles. The molecular weight excluding hydrogens is 399 g/mol. The number of nitrogens with zero attached hydrogens (tertiary/aromatic N) is 2. The van der Waals surface area contributed by atoms with Crippen LogP contribution in [-0.2, 0) is 16.2 Å². The molecule has 0 spiro atoms. The smallest absolute Gasteiger partial charge is 0.233 e. The zero-order valence-corrected chi connectivity index (χ0v) is 15.6. The molecular formula is C17H14F3N3O2S2. The second-order valence-corrected chi connectivity index (χ2v) is 7.99. The van der Waals surface area contributed by atoms with E-state index in [4.69, 9.17) is 0 Å². The second-order valence-electron chi connectivity index (χ2n) is 5.78. The van der Waals surface area contributed by atoms with Gasteiger partial charge in [-0.15, -0.1) is 0 Å². The van der Waals surface area contributed by atoms with E-state index in [1.807, 2.05) is 11.1 Å². The van der Waals surface area contributed by atoms with Gasteiger partial charge in [-0.1, -0.05) is 42.6 Å². The molecule has 5 nitrogen and oxygen atoms in total. The molecule has 142 valence electrons. The van der Waals surface area contributed by atoms with Gasteiger partial charge in [0.2, 0.25) is 10.0 Å². The molecule has 27 heavy (non-hydrogen) atoms. The summed E-state index contributed by atoms with van der Waals surface area (Å²) in [6.45, 7) is 1.87. The molecule has 0 saturated carbocycles. The van der Waals surface area contributed by atoms with Crippen molar-refractivity contribution in [2.45, 2.75) is 18.0 Å². The maximum absolute atomic E-state index is 13.2. The average Bonchev–Trinajstić information content (AvgIpc) is 3.08. The van der Waals surface area contributed by atoms with E-state index in [0.29, 0.717) is 11.3 Å². The minimum Gasteiger partial charge on any atom is -0.233 e. The van der Waals surface area contributed by atoms with Crippen molar-refractivity contribution < 1.29 is 21.6 Å². The molecule has 0 unspecified atom stereocenters. The number of hydrogen-bond donors (Lipinski definition) is 2. The lowest BCUT2D eigenvalue weighted by Gasteiger charge is -2.09. The van der Waals surface area contributed by atoms with Gasteiger partial charge in [0.15, 0.2) is 5.69 Å².